The first-order valence-corrected chi connectivity index (χ1v) is 5.74. The van der Waals surface area contributed by atoms with Gasteiger partial charge in [0.05, 0.1) is 6.54 Å². The van der Waals surface area contributed by atoms with Crippen LogP contribution in [-0.2, 0) is 6.42 Å². The van der Waals surface area contributed by atoms with Crippen LogP contribution in [-0.4, -0.2) is 31.6 Å². The normalized spacial score (nSPS) is 26.4. The SMILES string of the molecule is [CH2-][NH+]1CCc2c(C3CN(C)C3)cccc21. The minimum atomic E-state index is 0.774. The lowest BCUT2D eigenvalue weighted by atomic mass is 9.87. The molecule has 1 N–H and O–H groups in total. The Kier molecular flexibility index (Phi) is 2.08. The van der Waals surface area contributed by atoms with E-state index in [1.807, 2.05) is 0 Å². The number of likely N-dealkylation sites (tertiary alicyclic amines) is 1. The fraction of sp³-hybridized carbons (Fsp3) is 0.462. The summed E-state index contributed by atoms with van der Waals surface area (Å²) >= 11 is 0. The second-order valence-electron chi connectivity index (χ2n) is 4.90. The molecular formula is C13H18N2. The molecule has 0 spiro atoms. The van der Waals surface area contributed by atoms with E-state index in [-0.39, 0.29) is 0 Å². The van der Waals surface area contributed by atoms with Crippen LogP contribution in [0.15, 0.2) is 18.2 Å². The molecule has 1 fully saturated rings. The summed E-state index contributed by atoms with van der Waals surface area (Å²) in [6.07, 6.45) is 1.21. The fourth-order valence-electron chi connectivity index (χ4n) is 2.90. The van der Waals surface area contributed by atoms with E-state index in [9.17, 15) is 0 Å². The minimum Gasteiger partial charge on any atom is -0.434 e. The largest absolute Gasteiger partial charge is 0.434 e. The molecule has 2 heterocycles. The van der Waals surface area contributed by atoms with Crippen molar-refractivity contribution in [3.63, 3.8) is 0 Å². The van der Waals surface area contributed by atoms with Gasteiger partial charge in [0.15, 0.2) is 0 Å². The molecular weight excluding hydrogens is 184 g/mol. The molecule has 1 atom stereocenters. The van der Waals surface area contributed by atoms with Crippen LogP contribution in [0.5, 0.6) is 0 Å². The predicted molar refractivity (Wildman–Crippen MR) is 61.2 cm³/mol. The van der Waals surface area contributed by atoms with Crippen LogP contribution in [0.1, 0.15) is 17.0 Å². The monoisotopic (exact) mass is 202 g/mol. The molecule has 0 radical (unpaired) electrons. The number of hydrogen-bond acceptors (Lipinski definition) is 1. The van der Waals surface area contributed by atoms with Crippen molar-refractivity contribution in [3.8, 4) is 0 Å². The minimum absolute atomic E-state index is 0.774. The number of likely N-dealkylation sites (N-methyl/N-ethyl adjacent to an activating group) is 1. The zero-order valence-corrected chi connectivity index (χ0v) is 9.29. The Bertz CT molecular complexity index is 380. The smallest absolute Gasteiger partial charge is 0.108 e. The van der Waals surface area contributed by atoms with E-state index >= 15 is 0 Å². The Morgan fingerprint density at radius 2 is 2.20 bits per heavy atom. The van der Waals surface area contributed by atoms with Crippen molar-refractivity contribution in [2.75, 3.05) is 26.7 Å². The average molecular weight is 202 g/mol. The molecule has 2 heteroatoms. The Labute approximate surface area is 91.5 Å². The molecule has 1 saturated heterocycles. The molecule has 1 aromatic carbocycles. The number of nitrogens with one attached hydrogen (secondary N) is 1. The van der Waals surface area contributed by atoms with Gasteiger partial charge in [0, 0.05) is 31.0 Å². The first-order valence-electron chi connectivity index (χ1n) is 5.74. The third-order valence-electron chi connectivity index (χ3n) is 3.77. The number of fused-ring (bicyclic) bond motifs is 1. The lowest BCUT2D eigenvalue weighted by Crippen LogP contribution is -3.00. The van der Waals surface area contributed by atoms with Crippen LogP contribution in [0.3, 0.4) is 0 Å². The highest BCUT2D eigenvalue weighted by Gasteiger charge is 2.30. The van der Waals surface area contributed by atoms with Gasteiger partial charge in [0.2, 0.25) is 0 Å². The first kappa shape index (κ1) is 9.37. The topological polar surface area (TPSA) is 7.68 Å². The van der Waals surface area contributed by atoms with Crippen LogP contribution < -0.4 is 4.90 Å². The van der Waals surface area contributed by atoms with Crippen molar-refractivity contribution >= 4 is 5.69 Å². The maximum Gasteiger partial charge on any atom is 0.108 e. The highest BCUT2D eigenvalue weighted by Crippen LogP contribution is 2.32. The van der Waals surface area contributed by atoms with E-state index in [0.717, 1.165) is 12.5 Å². The molecule has 0 saturated carbocycles. The molecule has 2 nitrogen and oxygen atoms in total. The highest BCUT2D eigenvalue weighted by atomic mass is 15.2. The maximum absolute atomic E-state index is 4.14. The summed E-state index contributed by atoms with van der Waals surface area (Å²) in [5.74, 6) is 0.774. The molecule has 15 heavy (non-hydrogen) atoms. The van der Waals surface area contributed by atoms with Crippen molar-refractivity contribution in [2.24, 2.45) is 0 Å². The molecule has 0 aliphatic carbocycles. The summed E-state index contributed by atoms with van der Waals surface area (Å²) in [7, 11) is 6.34. The fourth-order valence-corrected chi connectivity index (χ4v) is 2.90. The van der Waals surface area contributed by atoms with Crippen molar-refractivity contribution < 1.29 is 4.90 Å². The van der Waals surface area contributed by atoms with E-state index in [2.05, 4.69) is 37.2 Å². The van der Waals surface area contributed by atoms with Gasteiger partial charge >= 0.3 is 0 Å². The third kappa shape index (κ3) is 1.40. The molecule has 0 bridgehead atoms. The van der Waals surface area contributed by atoms with E-state index in [1.165, 1.54) is 30.1 Å². The number of nitrogens with zero attached hydrogens (tertiary/aromatic N) is 1. The summed E-state index contributed by atoms with van der Waals surface area (Å²) in [6, 6.07) is 6.74. The molecule has 3 rings (SSSR count). The second kappa shape index (κ2) is 3.32. The van der Waals surface area contributed by atoms with Gasteiger partial charge in [-0.25, -0.2) is 0 Å². The maximum atomic E-state index is 4.14. The van der Waals surface area contributed by atoms with E-state index in [4.69, 9.17) is 0 Å². The quantitative estimate of drug-likeness (QED) is 0.655. The summed E-state index contributed by atoms with van der Waals surface area (Å²) in [5, 5.41) is 0. The number of benzene rings is 1. The van der Waals surface area contributed by atoms with Gasteiger partial charge in [0.25, 0.3) is 0 Å². The second-order valence-corrected chi connectivity index (χ2v) is 4.90. The Hall–Kier alpha value is -0.860. The highest BCUT2D eigenvalue weighted by molar-refractivity contribution is 5.49. The van der Waals surface area contributed by atoms with E-state index in [1.54, 1.807) is 11.1 Å². The van der Waals surface area contributed by atoms with Crippen molar-refractivity contribution in [2.45, 2.75) is 12.3 Å². The average Bonchev–Trinajstić information content (AvgIpc) is 2.56. The van der Waals surface area contributed by atoms with Gasteiger partial charge in [-0.3, -0.25) is 0 Å². The number of hydrogen-bond donors (Lipinski definition) is 1. The molecule has 80 valence electrons. The number of rotatable bonds is 1. The Balaban J connectivity index is 1.96. The summed E-state index contributed by atoms with van der Waals surface area (Å²) in [4.78, 5) is 3.72. The summed E-state index contributed by atoms with van der Waals surface area (Å²) in [5.41, 5.74) is 4.60. The first-order chi connectivity index (χ1) is 7.25. The Morgan fingerprint density at radius 1 is 1.40 bits per heavy atom. The van der Waals surface area contributed by atoms with E-state index < -0.39 is 0 Å². The Morgan fingerprint density at radius 3 is 2.93 bits per heavy atom. The van der Waals surface area contributed by atoms with Crippen molar-refractivity contribution in [3.05, 3.63) is 36.4 Å². The van der Waals surface area contributed by atoms with Gasteiger partial charge in [-0.05, 0) is 18.7 Å². The van der Waals surface area contributed by atoms with Gasteiger partial charge in [0.1, 0.15) is 5.69 Å². The molecule has 2 aliphatic rings. The van der Waals surface area contributed by atoms with Gasteiger partial charge in [-0.1, -0.05) is 12.1 Å². The van der Waals surface area contributed by atoms with Crippen LogP contribution in [0.25, 0.3) is 0 Å². The lowest BCUT2D eigenvalue weighted by Gasteiger charge is -2.37. The molecule has 0 aromatic heterocycles. The molecule has 2 aliphatic heterocycles. The summed E-state index contributed by atoms with van der Waals surface area (Å²) in [6.45, 7) is 3.61. The standard InChI is InChI=1S/C13H18N2/c1-14-8-10(9-14)11-4-3-5-13-12(11)6-7-15(13)2/h3-5,10,15H,2,6-9H2,1H3. The predicted octanol–water partition coefficient (Wildman–Crippen LogP) is 0.580. The van der Waals surface area contributed by atoms with Gasteiger partial charge in [-0.15, -0.1) is 7.05 Å². The third-order valence-corrected chi connectivity index (χ3v) is 3.77. The van der Waals surface area contributed by atoms with Crippen LogP contribution in [0, 0.1) is 7.05 Å². The molecule has 1 unspecified atom stereocenters. The van der Waals surface area contributed by atoms with Crippen LogP contribution in [0.2, 0.25) is 0 Å². The zero-order chi connectivity index (χ0) is 10.4. The lowest BCUT2D eigenvalue weighted by molar-refractivity contribution is -0.775. The van der Waals surface area contributed by atoms with Gasteiger partial charge in [-0.2, -0.15) is 0 Å². The zero-order valence-electron chi connectivity index (χ0n) is 9.29. The van der Waals surface area contributed by atoms with Crippen LogP contribution >= 0.6 is 0 Å². The van der Waals surface area contributed by atoms with E-state index in [0.29, 0.717) is 0 Å². The molecule has 0 amide bonds. The van der Waals surface area contributed by atoms with Crippen LogP contribution in [0.4, 0.5) is 5.69 Å². The van der Waals surface area contributed by atoms with Gasteiger partial charge < -0.3 is 9.80 Å². The van der Waals surface area contributed by atoms with Crippen molar-refractivity contribution in [1.82, 2.24) is 4.90 Å². The molecule has 1 aromatic rings. The number of quaternary nitrogens is 1. The summed E-state index contributed by atoms with van der Waals surface area (Å²) < 4.78 is 0. The van der Waals surface area contributed by atoms with Crippen molar-refractivity contribution in [1.29, 1.82) is 0 Å².